The molecule has 0 aliphatic carbocycles. The number of anilines is 2. The summed E-state index contributed by atoms with van der Waals surface area (Å²) in [4.78, 5) is 6.48. The normalized spacial score (nSPS) is 17.5. The van der Waals surface area contributed by atoms with Gasteiger partial charge in [-0.15, -0.1) is 5.10 Å². The molecule has 7 heteroatoms. The van der Waals surface area contributed by atoms with E-state index in [4.69, 9.17) is 17.3 Å². The lowest BCUT2D eigenvalue weighted by atomic mass is 10.1. The largest absolute Gasteiger partial charge is 0.382 e. The molecular weight excluding hydrogens is 300 g/mol. The maximum atomic E-state index is 9.46. The van der Waals surface area contributed by atoms with Gasteiger partial charge in [0.15, 0.2) is 0 Å². The Bertz CT molecular complexity index is 737. The monoisotopic (exact) mass is 314 g/mol. The number of nitrogens with two attached hydrogens (primary N) is 1. The summed E-state index contributed by atoms with van der Waals surface area (Å²) in [5, 5.41) is 18.1. The summed E-state index contributed by atoms with van der Waals surface area (Å²) in [6, 6.07) is 5.88. The van der Waals surface area contributed by atoms with Gasteiger partial charge in [-0.05, 0) is 37.5 Å². The standard InChI is InChI=1S/C15H15ClN6/c1-9-10(7-17)15(19-8-11(9)16)22-6-2-3-13(22)12-4-5-14(18)21-20-12/h4-5,8,13H,2-3,6H2,1H3,(H2,18,21). The summed E-state index contributed by atoms with van der Waals surface area (Å²) in [6.07, 6.45) is 3.54. The van der Waals surface area contributed by atoms with Crippen LogP contribution >= 0.6 is 11.6 Å². The van der Waals surface area contributed by atoms with Crippen molar-refractivity contribution >= 4 is 23.2 Å². The van der Waals surface area contributed by atoms with E-state index in [1.165, 1.54) is 0 Å². The molecule has 1 unspecified atom stereocenters. The van der Waals surface area contributed by atoms with Crippen molar-refractivity contribution in [2.45, 2.75) is 25.8 Å². The van der Waals surface area contributed by atoms with Gasteiger partial charge in [-0.25, -0.2) is 4.98 Å². The molecule has 2 aromatic heterocycles. The molecule has 3 heterocycles. The predicted molar refractivity (Wildman–Crippen MR) is 84.5 cm³/mol. The topological polar surface area (TPSA) is 91.7 Å². The Morgan fingerprint density at radius 1 is 1.41 bits per heavy atom. The molecule has 1 aliphatic rings. The van der Waals surface area contributed by atoms with Gasteiger partial charge < -0.3 is 10.6 Å². The minimum atomic E-state index is 0.0493. The van der Waals surface area contributed by atoms with E-state index in [-0.39, 0.29) is 6.04 Å². The molecule has 1 atom stereocenters. The molecule has 2 aromatic rings. The van der Waals surface area contributed by atoms with Crippen LogP contribution < -0.4 is 10.6 Å². The average Bonchev–Trinajstić information content (AvgIpc) is 3.00. The van der Waals surface area contributed by atoms with Crippen molar-refractivity contribution < 1.29 is 0 Å². The SMILES string of the molecule is Cc1c(Cl)cnc(N2CCCC2c2ccc(N)nn2)c1C#N. The summed E-state index contributed by atoms with van der Waals surface area (Å²) in [6.45, 7) is 2.65. The Kier molecular flexibility index (Phi) is 3.82. The smallest absolute Gasteiger partial charge is 0.147 e. The number of hydrogen-bond donors (Lipinski definition) is 1. The Hall–Kier alpha value is -2.39. The van der Waals surface area contributed by atoms with Crippen LogP contribution in [0.25, 0.3) is 0 Å². The van der Waals surface area contributed by atoms with E-state index in [9.17, 15) is 5.26 Å². The predicted octanol–water partition coefficient (Wildman–Crippen LogP) is 2.63. The summed E-state index contributed by atoms with van der Waals surface area (Å²) in [7, 11) is 0. The molecular formula is C15H15ClN6. The molecule has 0 radical (unpaired) electrons. The maximum absolute atomic E-state index is 9.46. The third-order valence-electron chi connectivity index (χ3n) is 3.94. The van der Waals surface area contributed by atoms with Crippen LogP contribution in [0.3, 0.4) is 0 Å². The van der Waals surface area contributed by atoms with Crippen molar-refractivity contribution in [1.82, 2.24) is 15.2 Å². The van der Waals surface area contributed by atoms with Gasteiger partial charge in [0.1, 0.15) is 17.7 Å². The molecule has 0 spiro atoms. The first-order valence-electron chi connectivity index (χ1n) is 7.02. The fraction of sp³-hybridized carbons (Fsp3) is 0.333. The average molecular weight is 315 g/mol. The second-order valence-corrected chi connectivity index (χ2v) is 5.68. The third-order valence-corrected chi connectivity index (χ3v) is 4.32. The number of rotatable bonds is 2. The van der Waals surface area contributed by atoms with Crippen molar-refractivity contribution in [3.8, 4) is 6.07 Å². The van der Waals surface area contributed by atoms with E-state index in [0.717, 1.165) is 30.6 Å². The van der Waals surface area contributed by atoms with E-state index < -0.39 is 0 Å². The van der Waals surface area contributed by atoms with Crippen LogP contribution in [0.4, 0.5) is 11.6 Å². The zero-order valence-electron chi connectivity index (χ0n) is 12.1. The van der Waals surface area contributed by atoms with E-state index in [1.54, 1.807) is 12.3 Å². The number of nitriles is 1. The maximum Gasteiger partial charge on any atom is 0.147 e. The molecule has 2 N–H and O–H groups in total. The molecule has 112 valence electrons. The van der Waals surface area contributed by atoms with E-state index in [2.05, 4.69) is 26.2 Å². The Morgan fingerprint density at radius 3 is 2.91 bits per heavy atom. The number of nitrogens with zero attached hydrogens (tertiary/aromatic N) is 5. The minimum Gasteiger partial charge on any atom is -0.382 e. The zero-order chi connectivity index (χ0) is 15.7. The third kappa shape index (κ3) is 2.44. The van der Waals surface area contributed by atoms with E-state index in [0.29, 0.717) is 22.2 Å². The molecule has 1 saturated heterocycles. The van der Waals surface area contributed by atoms with Crippen LogP contribution in [-0.4, -0.2) is 21.7 Å². The fourth-order valence-electron chi connectivity index (χ4n) is 2.78. The highest BCUT2D eigenvalue weighted by Gasteiger charge is 2.30. The van der Waals surface area contributed by atoms with Crippen molar-refractivity contribution in [3.05, 3.63) is 40.2 Å². The van der Waals surface area contributed by atoms with Gasteiger partial charge in [0.2, 0.25) is 0 Å². The minimum absolute atomic E-state index is 0.0493. The van der Waals surface area contributed by atoms with Crippen LogP contribution in [0.5, 0.6) is 0 Å². The second kappa shape index (κ2) is 5.78. The van der Waals surface area contributed by atoms with Crippen molar-refractivity contribution in [3.63, 3.8) is 0 Å². The molecule has 0 saturated carbocycles. The number of halogens is 1. The lowest BCUT2D eigenvalue weighted by Crippen LogP contribution is -2.25. The van der Waals surface area contributed by atoms with Crippen LogP contribution in [0.1, 0.15) is 35.7 Å². The molecule has 0 bridgehead atoms. The van der Waals surface area contributed by atoms with Crippen LogP contribution in [0.2, 0.25) is 5.02 Å². The molecule has 1 fully saturated rings. The highest BCUT2D eigenvalue weighted by Crippen LogP contribution is 2.37. The van der Waals surface area contributed by atoms with E-state index in [1.807, 2.05) is 13.0 Å². The van der Waals surface area contributed by atoms with Crippen LogP contribution in [0.15, 0.2) is 18.3 Å². The summed E-state index contributed by atoms with van der Waals surface area (Å²) in [5.41, 5.74) is 7.70. The van der Waals surface area contributed by atoms with Crippen LogP contribution in [0, 0.1) is 18.3 Å². The summed E-state index contributed by atoms with van der Waals surface area (Å²) < 4.78 is 0. The van der Waals surface area contributed by atoms with Gasteiger partial charge in [-0.2, -0.15) is 10.4 Å². The number of nitrogen functional groups attached to an aromatic ring is 1. The molecule has 0 amide bonds. The number of hydrogen-bond acceptors (Lipinski definition) is 6. The first-order chi connectivity index (χ1) is 10.6. The highest BCUT2D eigenvalue weighted by molar-refractivity contribution is 6.31. The molecule has 6 nitrogen and oxygen atoms in total. The molecule has 1 aliphatic heterocycles. The first-order valence-corrected chi connectivity index (χ1v) is 7.40. The number of pyridine rings is 1. The summed E-state index contributed by atoms with van der Waals surface area (Å²) in [5.74, 6) is 1.05. The van der Waals surface area contributed by atoms with E-state index >= 15 is 0 Å². The Morgan fingerprint density at radius 2 is 2.23 bits per heavy atom. The van der Waals surface area contributed by atoms with Gasteiger partial charge in [0, 0.05) is 12.7 Å². The lowest BCUT2D eigenvalue weighted by molar-refractivity contribution is 0.672. The van der Waals surface area contributed by atoms with Crippen molar-refractivity contribution in [1.29, 1.82) is 5.26 Å². The zero-order valence-corrected chi connectivity index (χ0v) is 12.9. The second-order valence-electron chi connectivity index (χ2n) is 5.28. The van der Waals surface area contributed by atoms with Gasteiger partial charge in [0.25, 0.3) is 0 Å². The summed E-state index contributed by atoms with van der Waals surface area (Å²) >= 11 is 6.07. The van der Waals surface area contributed by atoms with Crippen LogP contribution in [-0.2, 0) is 0 Å². The quantitative estimate of drug-likeness (QED) is 0.916. The van der Waals surface area contributed by atoms with Gasteiger partial charge in [-0.1, -0.05) is 11.6 Å². The van der Waals surface area contributed by atoms with Crippen molar-refractivity contribution in [2.75, 3.05) is 17.2 Å². The molecule has 22 heavy (non-hydrogen) atoms. The lowest BCUT2D eigenvalue weighted by Gasteiger charge is -2.26. The molecule has 3 rings (SSSR count). The van der Waals surface area contributed by atoms with Crippen molar-refractivity contribution in [2.24, 2.45) is 0 Å². The molecule has 0 aromatic carbocycles. The van der Waals surface area contributed by atoms with Gasteiger partial charge in [0.05, 0.1) is 22.3 Å². The Labute approximate surface area is 133 Å². The first kappa shape index (κ1) is 14.5. The fourth-order valence-corrected chi connectivity index (χ4v) is 2.92. The van der Waals surface area contributed by atoms with Gasteiger partial charge in [-0.3, -0.25) is 0 Å². The Balaban J connectivity index is 2.02. The van der Waals surface area contributed by atoms with Gasteiger partial charge >= 0.3 is 0 Å². The number of aromatic nitrogens is 3. The highest BCUT2D eigenvalue weighted by atomic mass is 35.5.